The number of aliphatic carboxylic acids is 1. The number of aromatic hydroxyl groups is 1. The molecule has 0 fully saturated rings. The van der Waals surface area contributed by atoms with Crippen LogP contribution < -0.4 is 10.6 Å². The third-order valence-electron chi connectivity index (χ3n) is 7.13. The van der Waals surface area contributed by atoms with Crippen molar-refractivity contribution >= 4 is 46.7 Å². The summed E-state index contributed by atoms with van der Waals surface area (Å²) in [5, 5.41) is 24.5. The summed E-state index contributed by atoms with van der Waals surface area (Å²) in [6, 6.07) is 10.8. The highest BCUT2D eigenvalue weighted by Gasteiger charge is 2.32. The van der Waals surface area contributed by atoms with Crippen molar-refractivity contribution in [2.24, 2.45) is 17.8 Å². The fraction of sp³-hybridized carbons (Fsp3) is 0.455. The number of amides is 2. The molecule has 0 spiro atoms. The summed E-state index contributed by atoms with van der Waals surface area (Å²) in [4.78, 5) is 75.6. The van der Waals surface area contributed by atoms with Crippen molar-refractivity contribution in [2.45, 2.75) is 72.1 Å². The summed E-state index contributed by atoms with van der Waals surface area (Å²) in [7, 11) is 0. The molecule has 0 radical (unpaired) electrons. The van der Waals surface area contributed by atoms with Crippen molar-refractivity contribution in [1.82, 2.24) is 10.6 Å². The normalized spacial score (nSPS) is 13.7. The van der Waals surface area contributed by atoms with Crippen LogP contribution in [0.1, 0.15) is 58.1 Å². The second-order valence-corrected chi connectivity index (χ2v) is 11.9. The van der Waals surface area contributed by atoms with Gasteiger partial charge in [0.15, 0.2) is 11.6 Å². The van der Waals surface area contributed by atoms with E-state index in [1.165, 1.54) is 26.0 Å². The van der Waals surface area contributed by atoms with E-state index in [4.69, 9.17) is 16.3 Å². The van der Waals surface area contributed by atoms with Gasteiger partial charge in [-0.2, -0.15) is 0 Å². The van der Waals surface area contributed by atoms with Gasteiger partial charge >= 0.3 is 5.97 Å². The van der Waals surface area contributed by atoms with Crippen LogP contribution in [0.4, 0.5) is 0 Å². The van der Waals surface area contributed by atoms with Gasteiger partial charge in [-0.1, -0.05) is 62.7 Å². The fourth-order valence-electron chi connectivity index (χ4n) is 4.64. The van der Waals surface area contributed by atoms with Gasteiger partial charge in [-0.05, 0) is 48.6 Å². The minimum absolute atomic E-state index is 0.00851. The highest BCUT2D eigenvalue weighted by Crippen LogP contribution is 2.19. The summed E-state index contributed by atoms with van der Waals surface area (Å²) in [5.74, 6) is -5.79. The Morgan fingerprint density at radius 1 is 0.844 bits per heavy atom. The quantitative estimate of drug-likeness (QED) is 0.178. The Balaban J connectivity index is 2.03. The van der Waals surface area contributed by atoms with Gasteiger partial charge in [0.25, 0.3) is 0 Å². The van der Waals surface area contributed by atoms with Crippen molar-refractivity contribution in [3.05, 3.63) is 64.7 Å². The van der Waals surface area contributed by atoms with E-state index in [0.717, 1.165) is 5.56 Å². The molecule has 2 rings (SSSR count). The van der Waals surface area contributed by atoms with E-state index in [2.05, 4.69) is 10.6 Å². The van der Waals surface area contributed by atoms with Gasteiger partial charge in [0, 0.05) is 29.7 Å². The summed E-state index contributed by atoms with van der Waals surface area (Å²) in [5.41, 5.74) is 1.37. The van der Waals surface area contributed by atoms with E-state index < -0.39 is 66.3 Å². The Morgan fingerprint density at radius 3 is 2.07 bits per heavy atom. The standard InChI is InChI=1S/C33H41ClN2O9/c1-19(2)31(36-33(44)24(14-21(4)37)15-22-9-11-25(38)12-10-22)28(39)13-20(3)32(43)35-27(16-30(41)42)29(40)18-45-17-23-7-5-6-8-26(23)34/h5-12,19-20,24,27,31,38H,13-18H2,1-4H3,(H,35,43)(H,36,44)(H,41,42)/t20-,24+,27+,31+/m1/s1. The van der Waals surface area contributed by atoms with Crippen LogP contribution in [-0.2, 0) is 46.5 Å². The first-order chi connectivity index (χ1) is 21.2. The molecule has 45 heavy (non-hydrogen) atoms. The van der Waals surface area contributed by atoms with Crippen molar-refractivity contribution in [3.63, 3.8) is 0 Å². The van der Waals surface area contributed by atoms with E-state index in [1.807, 2.05) is 0 Å². The largest absolute Gasteiger partial charge is 0.508 e. The monoisotopic (exact) mass is 644 g/mol. The molecule has 4 atom stereocenters. The van der Waals surface area contributed by atoms with Crippen LogP contribution in [-0.4, -0.2) is 64.0 Å². The molecule has 0 aliphatic rings. The molecule has 0 saturated carbocycles. The second kappa shape index (κ2) is 18.0. The van der Waals surface area contributed by atoms with Crippen LogP contribution in [0.25, 0.3) is 0 Å². The first-order valence-corrected chi connectivity index (χ1v) is 15.0. The van der Waals surface area contributed by atoms with Crippen molar-refractivity contribution < 1.29 is 43.7 Å². The summed E-state index contributed by atoms with van der Waals surface area (Å²) >= 11 is 6.09. The fourth-order valence-corrected chi connectivity index (χ4v) is 4.83. The average Bonchev–Trinajstić information content (AvgIpc) is 2.96. The van der Waals surface area contributed by atoms with E-state index in [0.29, 0.717) is 10.6 Å². The summed E-state index contributed by atoms with van der Waals surface area (Å²) in [6.07, 6.45) is -0.804. The number of carbonyl (C=O) groups excluding carboxylic acids is 5. The number of halogens is 1. The molecule has 0 heterocycles. The number of hydrogen-bond acceptors (Lipinski definition) is 8. The Bertz CT molecular complexity index is 1360. The molecule has 11 nitrogen and oxygen atoms in total. The molecule has 12 heteroatoms. The van der Waals surface area contributed by atoms with Gasteiger partial charge in [-0.15, -0.1) is 0 Å². The maximum atomic E-state index is 13.3. The Kier molecular flexibility index (Phi) is 14.9. The van der Waals surface area contributed by atoms with Crippen molar-refractivity contribution in [1.29, 1.82) is 0 Å². The predicted molar refractivity (Wildman–Crippen MR) is 166 cm³/mol. The number of hydrogen-bond donors (Lipinski definition) is 4. The summed E-state index contributed by atoms with van der Waals surface area (Å²) in [6.45, 7) is 5.84. The smallest absolute Gasteiger partial charge is 0.305 e. The van der Waals surface area contributed by atoms with E-state index in [-0.39, 0.29) is 43.3 Å². The molecular formula is C33H41ClN2O9. The molecule has 0 aliphatic carbocycles. The topological polar surface area (TPSA) is 176 Å². The lowest BCUT2D eigenvalue weighted by molar-refractivity contribution is -0.141. The Labute approximate surface area is 267 Å². The molecule has 2 aromatic rings. The number of phenols is 1. The summed E-state index contributed by atoms with van der Waals surface area (Å²) < 4.78 is 5.41. The lowest BCUT2D eigenvalue weighted by atomic mass is 9.90. The molecule has 0 bridgehead atoms. The number of ether oxygens (including phenoxy) is 1. The van der Waals surface area contributed by atoms with Crippen LogP contribution in [0.3, 0.4) is 0 Å². The second-order valence-electron chi connectivity index (χ2n) is 11.5. The van der Waals surface area contributed by atoms with Gasteiger partial charge in [0.2, 0.25) is 11.8 Å². The van der Waals surface area contributed by atoms with Gasteiger partial charge < -0.3 is 30.4 Å². The van der Waals surface area contributed by atoms with Gasteiger partial charge in [0.05, 0.1) is 19.1 Å². The molecule has 0 unspecified atom stereocenters. The van der Waals surface area contributed by atoms with Crippen LogP contribution in [0, 0.1) is 17.8 Å². The lowest BCUT2D eigenvalue weighted by Gasteiger charge is -2.26. The van der Waals surface area contributed by atoms with Crippen LogP contribution >= 0.6 is 11.6 Å². The molecule has 0 aliphatic heterocycles. The number of carbonyl (C=O) groups is 6. The minimum Gasteiger partial charge on any atom is -0.508 e. The maximum absolute atomic E-state index is 13.3. The van der Waals surface area contributed by atoms with E-state index >= 15 is 0 Å². The number of nitrogens with one attached hydrogen (secondary N) is 2. The third kappa shape index (κ3) is 12.8. The highest BCUT2D eigenvalue weighted by atomic mass is 35.5. The van der Waals surface area contributed by atoms with Gasteiger partial charge in [0.1, 0.15) is 24.2 Å². The SMILES string of the molecule is CC(=O)C[C@@H](Cc1ccc(O)cc1)C(=O)N[C@H](C(=O)C[C@@H](C)C(=O)N[C@@H](CC(=O)O)C(=O)COCc1ccccc1Cl)C(C)C. The number of phenolic OH excluding ortho intramolecular Hbond substituents is 1. The molecular weight excluding hydrogens is 604 g/mol. The molecule has 2 aromatic carbocycles. The predicted octanol–water partition coefficient (Wildman–Crippen LogP) is 3.66. The first-order valence-electron chi connectivity index (χ1n) is 14.6. The van der Waals surface area contributed by atoms with Gasteiger partial charge in [-0.25, -0.2) is 0 Å². The Morgan fingerprint density at radius 2 is 1.49 bits per heavy atom. The minimum atomic E-state index is -1.38. The molecule has 0 aromatic heterocycles. The van der Waals surface area contributed by atoms with Crippen LogP contribution in [0.2, 0.25) is 5.02 Å². The van der Waals surface area contributed by atoms with E-state index in [1.54, 1.807) is 50.2 Å². The van der Waals surface area contributed by atoms with Crippen LogP contribution in [0.15, 0.2) is 48.5 Å². The Hall–Kier alpha value is -4.09. The number of ketones is 3. The zero-order valence-corrected chi connectivity index (χ0v) is 26.6. The number of rotatable bonds is 19. The molecule has 2 amide bonds. The maximum Gasteiger partial charge on any atom is 0.305 e. The number of benzene rings is 2. The molecule has 244 valence electrons. The third-order valence-corrected chi connectivity index (χ3v) is 7.50. The van der Waals surface area contributed by atoms with E-state index in [9.17, 15) is 39.0 Å². The average molecular weight is 645 g/mol. The first kappa shape index (κ1) is 37.1. The van der Waals surface area contributed by atoms with Gasteiger partial charge in [-0.3, -0.25) is 24.0 Å². The van der Waals surface area contributed by atoms with Crippen molar-refractivity contribution in [2.75, 3.05) is 6.61 Å². The number of carboxylic acids is 1. The number of carboxylic acid groups (broad SMARTS) is 1. The zero-order chi connectivity index (χ0) is 33.7. The molecule has 0 saturated heterocycles. The lowest BCUT2D eigenvalue weighted by Crippen LogP contribution is -2.49. The van der Waals surface area contributed by atoms with Crippen LogP contribution in [0.5, 0.6) is 5.75 Å². The van der Waals surface area contributed by atoms with Crippen molar-refractivity contribution in [3.8, 4) is 5.75 Å². The zero-order valence-electron chi connectivity index (χ0n) is 25.9. The molecule has 4 N–H and O–H groups in total. The highest BCUT2D eigenvalue weighted by molar-refractivity contribution is 6.31. The number of Topliss-reactive ketones (excluding diaryl/α,β-unsaturated/α-hetero) is 3.